The Kier molecular flexibility index (Phi) is 20.1. The Balaban J connectivity index is 0.998. The molecule has 87 heavy (non-hydrogen) atoms. The minimum absolute atomic E-state index is 0.00856. The van der Waals surface area contributed by atoms with E-state index in [2.05, 4.69) is 146 Å². The molecule has 8 aromatic carbocycles. The van der Waals surface area contributed by atoms with Crippen molar-refractivity contribution in [3.63, 3.8) is 0 Å². The number of fused-ring (bicyclic) bond motifs is 3. The van der Waals surface area contributed by atoms with E-state index in [1.54, 1.807) is 69.3 Å². The van der Waals surface area contributed by atoms with Crippen molar-refractivity contribution in [3.8, 4) is 0 Å². The van der Waals surface area contributed by atoms with E-state index in [4.69, 9.17) is 0 Å². The standard InChI is InChI=1S/C71H81IN5O8S2/c1-12-16-22-43(5)42-73-60-35-33-56(54-24-17-18-25-55(54)60)65(72-59-34-32-53(41-44(59)6)76(13-2)14-3)50-28-30-52(31-29-50)77(15-4)38-21-23-51-40-46(8)67(49(11)71(51)87(83,84)85)75-62-37-36-61(63-64(62)69(79)58-27-20-19-26-57(58)68(63)78)74-66-45(7)39-47(9)70(48(66)10)86(80,81)82/h17-20,24-37,39-41,43,65,73-75H,12-16,21-23,38,42H2,1-11H3,(H,80,81,82)(H,83,84,85)/q-1/p-1. The van der Waals surface area contributed by atoms with Gasteiger partial charge in [0.05, 0.1) is 27.4 Å². The van der Waals surface area contributed by atoms with Crippen LogP contribution in [-0.4, -0.2) is 70.2 Å². The van der Waals surface area contributed by atoms with Crippen molar-refractivity contribution in [1.82, 2.24) is 0 Å². The van der Waals surface area contributed by atoms with Crippen molar-refractivity contribution >= 4 is 82.4 Å². The van der Waals surface area contributed by atoms with Crippen LogP contribution in [0.2, 0.25) is 0 Å². The van der Waals surface area contributed by atoms with Crippen molar-refractivity contribution in [2.24, 2.45) is 5.92 Å². The molecule has 8 aromatic rings. The summed E-state index contributed by atoms with van der Waals surface area (Å²) in [7, 11) is -9.68. The third-order valence-electron chi connectivity index (χ3n) is 17.0. The van der Waals surface area contributed by atoms with Crippen molar-refractivity contribution in [2.45, 2.75) is 122 Å². The molecule has 1 aliphatic carbocycles. The normalized spacial score (nSPS) is 13.1. The van der Waals surface area contributed by atoms with Gasteiger partial charge in [0.25, 0.3) is 0 Å². The number of nitrogens with zero attached hydrogens (tertiary/aromatic N) is 2. The van der Waals surface area contributed by atoms with E-state index in [1.165, 1.54) is 62.9 Å². The summed E-state index contributed by atoms with van der Waals surface area (Å²) in [5.41, 5.74) is 11.1. The van der Waals surface area contributed by atoms with E-state index in [-0.39, 0.29) is 64.0 Å². The summed E-state index contributed by atoms with van der Waals surface area (Å²) in [5.74, 6) is -0.368. The number of nitrogens with one attached hydrogen (secondary N) is 3. The number of carbonyl (C=O) groups is 2. The fourth-order valence-electron chi connectivity index (χ4n) is 12.6. The predicted molar refractivity (Wildman–Crippen MR) is 350 cm³/mol. The molecule has 0 spiro atoms. The van der Waals surface area contributed by atoms with Gasteiger partial charge in [-0.1, -0.05) is 30.3 Å². The van der Waals surface area contributed by atoms with E-state index in [0.29, 0.717) is 59.9 Å². The molecule has 0 saturated heterocycles. The molecule has 13 nitrogen and oxygen atoms in total. The van der Waals surface area contributed by atoms with Gasteiger partial charge in [0.2, 0.25) is 0 Å². The third kappa shape index (κ3) is 13.7. The molecule has 9 rings (SSSR count). The summed E-state index contributed by atoms with van der Waals surface area (Å²) in [6, 6.07) is 42.4. The first-order valence-corrected chi connectivity index (χ1v) is 35.3. The molecule has 1 aliphatic rings. The fraction of sp³-hybridized carbons (Fsp3) is 0.324. The molecule has 2 atom stereocenters. The number of halogens is 1. The molecule has 4 N–H and O–H groups in total. The van der Waals surface area contributed by atoms with Crippen LogP contribution >= 0.6 is 0 Å². The molecule has 0 saturated carbocycles. The van der Waals surface area contributed by atoms with Crippen molar-refractivity contribution in [2.75, 3.05) is 58.5 Å². The third-order valence-corrected chi connectivity index (χ3v) is 23.1. The second-order valence-electron chi connectivity index (χ2n) is 23.0. The Morgan fingerprint density at radius 1 is 0.586 bits per heavy atom. The van der Waals surface area contributed by atoms with Gasteiger partial charge in [0.15, 0.2) is 11.6 Å². The molecule has 16 heteroatoms. The van der Waals surface area contributed by atoms with Crippen molar-refractivity contribution in [3.05, 3.63) is 203 Å². The topological polar surface area (TPSA) is 188 Å². The number of alkyl halides is 1. The van der Waals surface area contributed by atoms with E-state index in [1.807, 2.05) is 6.92 Å². The quantitative estimate of drug-likeness (QED) is 0.0241. The summed E-state index contributed by atoms with van der Waals surface area (Å²) >= 11 is -0.587. The Morgan fingerprint density at radius 3 is 1.70 bits per heavy atom. The fourth-order valence-corrected chi connectivity index (χ4v) is 17.9. The van der Waals surface area contributed by atoms with Crippen LogP contribution in [0.4, 0.5) is 39.8 Å². The first-order chi connectivity index (χ1) is 41.5. The Labute approximate surface area is 525 Å². The number of anilines is 7. The van der Waals surface area contributed by atoms with Crippen LogP contribution in [0, 0.1) is 51.0 Å². The van der Waals surface area contributed by atoms with Gasteiger partial charge in [-0.2, -0.15) is 8.42 Å². The number of hydrogen-bond donors (Lipinski definition) is 4. The van der Waals surface area contributed by atoms with E-state index in [9.17, 15) is 35.5 Å². The number of unbranched alkanes of at least 4 members (excludes halogenated alkanes) is 1. The number of aryl methyl sites for hydroxylation is 5. The van der Waals surface area contributed by atoms with E-state index in [0.717, 1.165) is 31.0 Å². The maximum atomic E-state index is 14.6. The summed E-state index contributed by atoms with van der Waals surface area (Å²) in [5, 5.41) is 12.8. The summed E-state index contributed by atoms with van der Waals surface area (Å²) in [4.78, 5) is 33.3. The van der Waals surface area contributed by atoms with Crippen LogP contribution in [0.1, 0.15) is 146 Å². The first-order valence-electron chi connectivity index (χ1n) is 30.1. The van der Waals surface area contributed by atoms with Gasteiger partial charge in [-0.25, -0.2) is 8.42 Å². The molecule has 0 fully saturated rings. The number of ketones is 2. The summed E-state index contributed by atoms with van der Waals surface area (Å²) < 4.78 is 76.9. The molecule has 458 valence electrons. The van der Waals surface area contributed by atoms with E-state index < -0.39 is 53.0 Å². The van der Waals surface area contributed by atoms with Gasteiger partial charge in [-0.3, -0.25) is 14.1 Å². The molecule has 0 aromatic heterocycles. The number of rotatable bonds is 25. The molecular weight excluding hydrogens is 1240 g/mol. The average Bonchev–Trinajstić information content (AvgIpc) is 0.980. The summed E-state index contributed by atoms with van der Waals surface area (Å²) in [6.45, 7) is 25.7. The zero-order valence-corrected chi connectivity index (χ0v) is 55.5. The van der Waals surface area contributed by atoms with Crippen LogP contribution in [0.3, 0.4) is 0 Å². The number of hydrogen-bond acceptors (Lipinski definition) is 12. The second-order valence-corrected chi connectivity index (χ2v) is 28.7. The van der Waals surface area contributed by atoms with Gasteiger partial charge >= 0.3 is 317 Å². The number of carbonyl (C=O) groups excluding carboxylic acids is 2. The molecule has 0 aliphatic heterocycles. The molecular formula is C71H80IN5O8S2-2. The molecule has 0 heterocycles. The van der Waals surface area contributed by atoms with Crippen LogP contribution in [0.5, 0.6) is 0 Å². The predicted octanol–water partition coefficient (Wildman–Crippen LogP) is 12.7. The van der Waals surface area contributed by atoms with Gasteiger partial charge in [-0.15, -0.1) is 0 Å². The number of benzene rings is 8. The zero-order chi connectivity index (χ0) is 62.6. The zero-order valence-electron chi connectivity index (χ0n) is 51.7. The molecule has 0 bridgehead atoms. The summed E-state index contributed by atoms with van der Waals surface area (Å²) in [6.07, 6.45) is 4.50. The van der Waals surface area contributed by atoms with Crippen LogP contribution in [0.15, 0.2) is 137 Å². The Morgan fingerprint density at radius 2 is 1.14 bits per heavy atom. The van der Waals surface area contributed by atoms with Gasteiger partial charge in [0.1, 0.15) is 10.1 Å². The van der Waals surface area contributed by atoms with Gasteiger partial charge in [-0.05, 0) is 63.4 Å². The van der Waals surface area contributed by atoms with E-state index >= 15 is 0 Å². The Bertz CT molecular complexity index is 4160. The van der Waals surface area contributed by atoms with Crippen molar-refractivity contribution in [1.29, 1.82) is 0 Å². The SMILES string of the molecule is CCCCC(C)CNc1ccc(C([I-]c2ccc(N(CC)CC)cc2C)c2ccc(N(CC)CCCc3cc(C)c(Nc4ccc(Nc5c(C)cc(C)c(S(=O)(=O)[O-])c5C)c5c4C(=O)c4ccccc4C5=O)c(C)c3S(=O)(=O)O)cc2)c2ccccc12. The molecule has 0 radical (unpaired) electrons. The minimum atomic E-state index is -4.88. The van der Waals surface area contributed by atoms with Gasteiger partial charge < -0.3 is 15.2 Å². The monoisotopic (exact) mass is 1320 g/mol. The second kappa shape index (κ2) is 27.1. The van der Waals surface area contributed by atoms with Crippen LogP contribution in [0.25, 0.3) is 10.8 Å². The average molecular weight is 1320 g/mol. The molecule has 2 unspecified atom stereocenters. The van der Waals surface area contributed by atoms with Crippen molar-refractivity contribution < 1.29 is 56.7 Å². The van der Waals surface area contributed by atoms with Crippen LogP contribution < -0.4 is 47.0 Å². The maximum absolute atomic E-state index is 14.6. The first kappa shape index (κ1) is 64.4. The Hall–Kier alpha value is -7.09. The molecule has 0 amide bonds. The van der Waals surface area contributed by atoms with Gasteiger partial charge in [0, 0.05) is 22.5 Å². The van der Waals surface area contributed by atoms with Crippen LogP contribution in [-0.2, 0) is 26.7 Å².